The Morgan fingerprint density at radius 1 is 1.24 bits per heavy atom. The maximum Gasteiger partial charge on any atom is 0.310 e. The standard InChI is InChI=1S/C22H21NO5.H2S/c1-14-19(23-21(28-14)15-5-3-2-4-6-15)9-10-26-18-8-7-16-11-17(22(24)25)13-27-20(16)12-18;/h2-8,12,17H,9-11,13H2,1H3,(H,24,25);1H2/t17-;/m0./s1. The molecule has 2 heterocycles. The van der Waals surface area contributed by atoms with E-state index in [1.54, 1.807) is 0 Å². The van der Waals surface area contributed by atoms with Crippen LogP contribution in [0.15, 0.2) is 52.9 Å². The van der Waals surface area contributed by atoms with Crippen molar-refractivity contribution >= 4 is 19.5 Å². The summed E-state index contributed by atoms with van der Waals surface area (Å²) in [7, 11) is 0. The topological polar surface area (TPSA) is 81.8 Å². The second kappa shape index (κ2) is 9.05. The molecule has 2 aromatic carbocycles. The predicted molar refractivity (Wildman–Crippen MR) is 113 cm³/mol. The van der Waals surface area contributed by atoms with E-state index < -0.39 is 11.9 Å². The van der Waals surface area contributed by atoms with E-state index in [9.17, 15) is 4.79 Å². The van der Waals surface area contributed by atoms with Crippen LogP contribution < -0.4 is 9.47 Å². The molecule has 0 fully saturated rings. The highest BCUT2D eigenvalue weighted by Crippen LogP contribution is 2.31. The quantitative estimate of drug-likeness (QED) is 0.657. The minimum absolute atomic E-state index is 0. The lowest BCUT2D eigenvalue weighted by atomic mass is 9.97. The molecule has 0 spiro atoms. The third-order valence-corrected chi connectivity index (χ3v) is 4.82. The second-order valence-corrected chi connectivity index (χ2v) is 6.81. The number of carbonyl (C=O) groups is 1. The van der Waals surface area contributed by atoms with Crippen molar-refractivity contribution in [3.05, 3.63) is 65.5 Å². The molecule has 152 valence electrons. The molecule has 1 aromatic heterocycles. The van der Waals surface area contributed by atoms with Crippen LogP contribution in [-0.2, 0) is 17.6 Å². The van der Waals surface area contributed by atoms with Crippen LogP contribution in [0.2, 0.25) is 0 Å². The number of benzene rings is 2. The van der Waals surface area contributed by atoms with Gasteiger partial charge in [0.1, 0.15) is 23.9 Å². The van der Waals surface area contributed by atoms with Gasteiger partial charge in [-0.25, -0.2) is 4.98 Å². The van der Waals surface area contributed by atoms with Crippen molar-refractivity contribution in [3.63, 3.8) is 0 Å². The normalized spacial score (nSPS) is 15.0. The van der Waals surface area contributed by atoms with Crippen LogP contribution >= 0.6 is 13.5 Å². The van der Waals surface area contributed by atoms with E-state index in [0.717, 1.165) is 22.6 Å². The van der Waals surface area contributed by atoms with E-state index in [4.69, 9.17) is 19.0 Å². The Morgan fingerprint density at radius 3 is 2.79 bits per heavy atom. The Kier molecular flexibility index (Phi) is 6.49. The molecule has 7 heteroatoms. The zero-order chi connectivity index (χ0) is 19.5. The molecule has 1 atom stereocenters. The highest BCUT2D eigenvalue weighted by molar-refractivity contribution is 7.59. The van der Waals surface area contributed by atoms with E-state index in [2.05, 4.69) is 4.98 Å². The Hall–Kier alpha value is -2.93. The van der Waals surface area contributed by atoms with Gasteiger partial charge in [0.05, 0.1) is 18.2 Å². The first-order chi connectivity index (χ1) is 13.6. The molecule has 1 N–H and O–H groups in total. The first kappa shape index (κ1) is 20.8. The average molecular weight is 413 g/mol. The lowest BCUT2D eigenvalue weighted by Crippen LogP contribution is -2.27. The van der Waals surface area contributed by atoms with Crippen molar-refractivity contribution in [2.24, 2.45) is 5.92 Å². The fourth-order valence-corrected chi connectivity index (χ4v) is 3.23. The molecule has 1 aliphatic rings. The number of aliphatic carboxylic acids is 1. The Bertz CT molecular complexity index is 986. The molecule has 0 aliphatic carbocycles. The van der Waals surface area contributed by atoms with Crippen LogP contribution in [0.4, 0.5) is 0 Å². The number of rotatable bonds is 6. The summed E-state index contributed by atoms with van der Waals surface area (Å²) in [5, 5.41) is 9.12. The van der Waals surface area contributed by atoms with Gasteiger partial charge in [-0.05, 0) is 37.1 Å². The van der Waals surface area contributed by atoms with Gasteiger partial charge < -0.3 is 19.0 Å². The van der Waals surface area contributed by atoms with Crippen molar-refractivity contribution in [2.75, 3.05) is 13.2 Å². The number of hydrogen-bond donors (Lipinski definition) is 1. The summed E-state index contributed by atoms with van der Waals surface area (Å²) in [5.41, 5.74) is 2.72. The Morgan fingerprint density at radius 2 is 2.03 bits per heavy atom. The van der Waals surface area contributed by atoms with Gasteiger partial charge in [-0.15, -0.1) is 0 Å². The number of nitrogens with zero attached hydrogens (tertiary/aromatic N) is 1. The van der Waals surface area contributed by atoms with Crippen molar-refractivity contribution in [3.8, 4) is 23.0 Å². The molecule has 3 aromatic rings. The summed E-state index contributed by atoms with van der Waals surface area (Å²) in [6.45, 7) is 2.55. The lowest BCUT2D eigenvalue weighted by molar-refractivity contribution is -0.143. The molecule has 0 amide bonds. The average Bonchev–Trinajstić information content (AvgIpc) is 3.09. The summed E-state index contributed by atoms with van der Waals surface area (Å²) in [6.07, 6.45) is 1.10. The van der Waals surface area contributed by atoms with Crippen molar-refractivity contribution in [2.45, 2.75) is 19.8 Å². The minimum atomic E-state index is -0.830. The summed E-state index contributed by atoms with van der Waals surface area (Å²) >= 11 is 0. The number of ether oxygens (including phenoxy) is 2. The first-order valence-corrected chi connectivity index (χ1v) is 9.23. The largest absolute Gasteiger partial charge is 0.493 e. The van der Waals surface area contributed by atoms with Gasteiger partial charge in [0.25, 0.3) is 0 Å². The fraction of sp³-hybridized carbons (Fsp3) is 0.273. The van der Waals surface area contributed by atoms with Crippen molar-refractivity contribution in [1.82, 2.24) is 4.98 Å². The van der Waals surface area contributed by atoms with Gasteiger partial charge in [0.2, 0.25) is 5.89 Å². The second-order valence-electron chi connectivity index (χ2n) is 6.81. The third kappa shape index (κ3) is 4.74. The number of carboxylic acids is 1. The first-order valence-electron chi connectivity index (χ1n) is 9.23. The number of hydrogen-bond acceptors (Lipinski definition) is 5. The number of oxazole rings is 1. The summed E-state index contributed by atoms with van der Waals surface area (Å²) in [6, 6.07) is 15.3. The zero-order valence-corrected chi connectivity index (χ0v) is 17.1. The third-order valence-electron chi connectivity index (χ3n) is 4.82. The molecule has 0 saturated heterocycles. The number of aryl methyl sites for hydroxylation is 1. The van der Waals surface area contributed by atoms with Gasteiger partial charge in [-0.1, -0.05) is 24.3 Å². The van der Waals surface area contributed by atoms with E-state index >= 15 is 0 Å². The molecule has 0 unspecified atom stereocenters. The Labute approximate surface area is 175 Å². The van der Waals surface area contributed by atoms with Crippen LogP contribution in [0.25, 0.3) is 11.5 Å². The molecular formula is C22H23NO5S. The van der Waals surface area contributed by atoms with E-state index in [0.29, 0.717) is 36.8 Å². The smallest absolute Gasteiger partial charge is 0.310 e. The highest BCUT2D eigenvalue weighted by Gasteiger charge is 2.25. The number of fused-ring (bicyclic) bond motifs is 1. The fourth-order valence-electron chi connectivity index (χ4n) is 3.23. The van der Waals surface area contributed by atoms with Crippen LogP contribution in [-0.4, -0.2) is 29.3 Å². The molecule has 0 bridgehead atoms. The van der Waals surface area contributed by atoms with Crippen LogP contribution in [0.3, 0.4) is 0 Å². The van der Waals surface area contributed by atoms with Gasteiger partial charge >= 0.3 is 5.97 Å². The summed E-state index contributed by atoms with van der Waals surface area (Å²) in [5.74, 6) is 1.46. The van der Waals surface area contributed by atoms with E-state index in [1.165, 1.54) is 0 Å². The molecule has 0 radical (unpaired) electrons. The molecule has 4 rings (SSSR count). The zero-order valence-electron chi connectivity index (χ0n) is 16.1. The molecule has 6 nitrogen and oxygen atoms in total. The lowest BCUT2D eigenvalue weighted by Gasteiger charge is -2.23. The molecule has 1 aliphatic heterocycles. The van der Waals surface area contributed by atoms with Crippen molar-refractivity contribution in [1.29, 1.82) is 0 Å². The van der Waals surface area contributed by atoms with Crippen LogP contribution in [0, 0.1) is 12.8 Å². The van der Waals surface area contributed by atoms with Gasteiger partial charge in [-0.3, -0.25) is 4.79 Å². The van der Waals surface area contributed by atoms with Gasteiger partial charge in [-0.2, -0.15) is 13.5 Å². The molecule has 0 saturated carbocycles. The number of aromatic nitrogens is 1. The maximum atomic E-state index is 11.1. The maximum absolute atomic E-state index is 11.1. The predicted octanol–water partition coefficient (Wildman–Crippen LogP) is 4.02. The van der Waals surface area contributed by atoms with Gasteiger partial charge in [0, 0.05) is 18.1 Å². The van der Waals surface area contributed by atoms with Crippen LogP contribution in [0.1, 0.15) is 17.0 Å². The summed E-state index contributed by atoms with van der Waals surface area (Å²) in [4.78, 5) is 15.7. The monoisotopic (exact) mass is 413 g/mol. The summed E-state index contributed by atoms with van der Waals surface area (Å²) < 4.78 is 17.2. The minimum Gasteiger partial charge on any atom is -0.493 e. The highest BCUT2D eigenvalue weighted by atomic mass is 32.1. The van der Waals surface area contributed by atoms with E-state index in [-0.39, 0.29) is 20.1 Å². The SMILES string of the molecule is Cc1oc(-c2ccccc2)nc1CCOc1ccc2c(c1)OC[C@@H](C(=O)O)C2.S. The Balaban J connectivity index is 0.00000240. The van der Waals surface area contributed by atoms with Gasteiger partial charge in [0.15, 0.2) is 0 Å². The molecular weight excluding hydrogens is 390 g/mol. The van der Waals surface area contributed by atoms with E-state index in [1.807, 2.05) is 55.5 Å². The van der Waals surface area contributed by atoms with Crippen molar-refractivity contribution < 1.29 is 23.8 Å². The van der Waals surface area contributed by atoms with Crippen LogP contribution in [0.5, 0.6) is 11.5 Å². The number of carboxylic acid groups (broad SMARTS) is 1. The molecule has 29 heavy (non-hydrogen) atoms.